The summed E-state index contributed by atoms with van der Waals surface area (Å²) in [6.07, 6.45) is 5.35. The minimum Gasteiger partial charge on any atom is -0.489 e. The second-order valence-electron chi connectivity index (χ2n) is 6.46. The van der Waals surface area contributed by atoms with Crippen LogP contribution < -0.4 is 15.4 Å². The number of nitrogens with one attached hydrogen (secondary N) is 2. The predicted octanol–water partition coefficient (Wildman–Crippen LogP) is 3.25. The van der Waals surface area contributed by atoms with Gasteiger partial charge in [0.05, 0.1) is 29.9 Å². The van der Waals surface area contributed by atoms with Crippen LogP contribution in [0.15, 0.2) is 42.9 Å². The first-order chi connectivity index (χ1) is 13.5. The van der Waals surface area contributed by atoms with Crippen LogP contribution in [0, 0.1) is 0 Å². The molecule has 0 radical (unpaired) electrons. The molecular formula is C20H24N6O2. The number of rotatable bonds is 7. The van der Waals surface area contributed by atoms with E-state index in [1.165, 1.54) is 6.20 Å². The van der Waals surface area contributed by atoms with Gasteiger partial charge in [-0.1, -0.05) is 6.07 Å². The van der Waals surface area contributed by atoms with E-state index in [1.807, 2.05) is 56.0 Å². The number of benzene rings is 1. The second kappa shape index (κ2) is 8.51. The molecular weight excluding hydrogens is 356 g/mol. The minimum atomic E-state index is -0.314. The SMILES string of the molecule is CCn1cc(-c2ccc(Nc3ccnnc3C(=O)NC)c(OC(C)C)c2)cn1. The summed E-state index contributed by atoms with van der Waals surface area (Å²) in [7, 11) is 1.55. The van der Waals surface area contributed by atoms with Gasteiger partial charge in [0.25, 0.3) is 5.91 Å². The molecule has 3 aromatic rings. The van der Waals surface area contributed by atoms with Crippen molar-refractivity contribution in [3.05, 3.63) is 48.5 Å². The molecule has 0 unspecified atom stereocenters. The van der Waals surface area contributed by atoms with E-state index < -0.39 is 0 Å². The molecule has 2 heterocycles. The summed E-state index contributed by atoms with van der Waals surface area (Å²) >= 11 is 0. The highest BCUT2D eigenvalue weighted by molar-refractivity contribution is 5.98. The van der Waals surface area contributed by atoms with Gasteiger partial charge in [0, 0.05) is 25.4 Å². The predicted molar refractivity (Wildman–Crippen MR) is 108 cm³/mol. The normalized spacial score (nSPS) is 10.8. The third kappa shape index (κ3) is 4.28. The number of anilines is 2. The summed E-state index contributed by atoms with van der Waals surface area (Å²) < 4.78 is 7.89. The van der Waals surface area contributed by atoms with Crippen LogP contribution >= 0.6 is 0 Å². The summed E-state index contributed by atoms with van der Waals surface area (Å²) in [5.74, 6) is 0.363. The molecule has 28 heavy (non-hydrogen) atoms. The lowest BCUT2D eigenvalue weighted by Crippen LogP contribution is -2.21. The summed E-state index contributed by atoms with van der Waals surface area (Å²) in [6.45, 7) is 6.79. The molecule has 8 nitrogen and oxygen atoms in total. The van der Waals surface area contributed by atoms with E-state index in [9.17, 15) is 4.79 Å². The minimum absolute atomic E-state index is 0.0110. The van der Waals surface area contributed by atoms with E-state index in [0.717, 1.165) is 23.4 Å². The fraction of sp³-hybridized carbons (Fsp3) is 0.300. The smallest absolute Gasteiger partial charge is 0.273 e. The molecule has 0 spiro atoms. The van der Waals surface area contributed by atoms with E-state index in [4.69, 9.17) is 4.74 Å². The molecule has 0 saturated heterocycles. The number of carbonyl (C=O) groups excluding carboxylic acids is 1. The zero-order valence-corrected chi connectivity index (χ0v) is 16.4. The molecule has 1 aromatic carbocycles. The molecule has 0 aliphatic carbocycles. The van der Waals surface area contributed by atoms with Gasteiger partial charge in [-0.05, 0) is 44.5 Å². The fourth-order valence-corrected chi connectivity index (χ4v) is 2.71. The summed E-state index contributed by atoms with van der Waals surface area (Å²) in [5, 5.41) is 17.9. The maximum atomic E-state index is 12.1. The van der Waals surface area contributed by atoms with Crippen LogP contribution in [0.1, 0.15) is 31.3 Å². The molecule has 2 aromatic heterocycles. The Morgan fingerprint density at radius 1 is 1.21 bits per heavy atom. The van der Waals surface area contributed by atoms with E-state index >= 15 is 0 Å². The molecule has 3 rings (SSSR count). The Morgan fingerprint density at radius 3 is 2.71 bits per heavy atom. The lowest BCUT2D eigenvalue weighted by atomic mass is 10.1. The summed E-state index contributed by atoms with van der Waals surface area (Å²) in [6, 6.07) is 7.58. The van der Waals surface area contributed by atoms with Crippen molar-refractivity contribution in [2.75, 3.05) is 12.4 Å². The third-order valence-electron chi connectivity index (χ3n) is 4.07. The van der Waals surface area contributed by atoms with Crippen molar-refractivity contribution in [3.63, 3.8) is 0 Å². The molecule has 2 N–H and O–H groups in total. The van der Waals surface area contributed by atoms with Crippen molar-refractivity contribution in [2.45, 2.75) is 33.4 Å². The molecule has 0 saturated carbocycles. The van der Waals surface area contributed by atoms with Crippen molar-refractivity contribution in [2.24, 2.45) is 0 Å². The van der Waals surface area contributed by atoms with Gasteiger partial charge < -0.3 is 15.4 Å². The van der Waals surface area contributed by atoms with Gasteiger partial charge in [-0.25, -0.2) is 0 Å². The first-order valence-electron chi connectivity index (χ1n) is 9.16. The zero-order valence-electron chi connectivity index (χ0n) is 16.4. The Balaban J connectivity index is 1.98. The van der Waals surface area contributed by atoms with Crippen molar-refractivity contribution >= 4 is 17.3 Å². The summed E-state index contributed by atoms with van der Waals surface area (Å²) in [5.41, 5.74) is 3.51. The van der Waals surface area contributed by atoms with E-state index in [0.29, 0.717) is 11.4 Å². The van der Waals surface area contributed by atoms with Crippen molar-refractivity contribution in [1.29, 1.82) is 0 Å². The quantitative estimate of drug-likeness (QED) is 0.653. The number of aromatic nitrogens is 4. The highest BCUT2D eigenvalue weighted by Crippen LogP contribution is 2.34. The van der Waals surface area contributed by atoms with Crippen LogP contribution in [0.4, 0.5) is 11.4 Å². The molecule has 0 aliphatic heterocycles. The largest absolute Gasteiger partial charge is 0.489 e. The molecule has 0 fully saturated rings. The van der Waals surface area contributed by atoms with Gasteiger partial charge in [-0.3, -0.25) is 9.48 Å². The van der Waals surface area contributed by atoms with Gasteiger partial charge >= 0.3 is 0 Å². The molecule has 8 heteroatoms. The standard InChI is InChI=1S/C20H24N6O2/c1-5-26-12-15(11-23-26)14-6-7-16(18(10-14)28-13(2)3)24-17-8-9-22-25-19(17)20(27)21-4/h6-13H,5H2,1-4H3,(H,21,27)(H,22,24). The first-order valence-corrected chi connectivity index (χ1v) is 9.16. The van der Waals surface area contributed by atoms with E-state index in [-0.39, 0.29) is 17.7 Å². The van der Waals surface area contributed by atoms with Gasteiger partial charge in [-0.2, -0.15) is 10.2 Å². The number of ether oxygens (including phenoxy) is 1. The van der Waals surface area contributed by atoms with Gasteiger partial charge in [0.15, 0.2) is 5.69 Å². The van der Waals surface area contributed by atoms with Crippen molar-refractivity contribution in [1.82, 2.24) is 25.3 Å². The number of aryl methyl sites for hydroxylation is 1. The van der Waals surface area contributed by atoms with Gasteiger partial charge in [-0.15, -0.1) is 5.10 Å². The lowest BCUT2D eigenvalue weighted by molar-refractivity contribution is 0.0958. The molecule has 0 atom stereocenters. The number of nitrogens with zero attached hydrogens (tertiary/aromatic N) is 4. The Morgan fingerprint density at radius 2 is 2.04 bits per heavy atom. The van der Waals surface area contributed by atoms with Crippen LogP contribution in [0.25, 0.3) is 11.1 Å². The molecule has 1 amide bonds. The average molecular weight is 380 g/mol. The van der Waals surface area contributed by atoms with Gasteiger partial charge in [0.2, 0.25) is 0 Å². The van der Waals surface area contributed by atoms with Crippen LogP contribution in [0.3, 0.4) is 0 Å². The van der Waals surface area contributed by atoms with E-state index in [1.54, 1.807) is 13.1 Å². The topological polar surface area (TPSA) is 94.0 Å². The van der Waals surface area contributed by atoms with Crippen LogP contribution in [-0.4, -0.2) is 39.0 Å². The Hall–Kier alpha value is -3.42. The molecule has 146 valence electrons. The number of amides is 1. The number of carbonyl (C=O) groups is 1. The maximum Gasteiger partial charge on any atom is 0.273 e. The Labute approximate surface area is 163 Å². The monoisotopic (exact) mass is 380 g/mol. The first kappa shape index (κ1) is 19.3. The maximum absolute atomic E-state index is 12.1. The highest BCUT2D eigenvalue weighted by Gasteiger charge is 2.15. The Kier molecular flexibility index (Phi) is 5.88. The van der Waals surface area contributed by atoms with Crippen LogP contribution in [0.5, 0.6) is 5.75 Å². The van der Waals surface area contributed by atoms with E-state index in [2.05, 4.69) is 25.9 Å². The van der Waals surface area contributed by atoms with Crippen LogP contribution in [-0.2, 0) is 6.54 Å². The number of hydrogen-bond donors (Lipinski definition) is 2. The number of hydrogen-bond acceptors (Lipinski definition) is 6. The molecule has 0 aliphatic rings. The van der Waals surface area contributed by atoms with Gasteiger partial charge in [0.1, 0.15) is 5.75 Å². The summed E-state index contributed by atoms with van der Waals surface area (Å²) in [4.78, 5) is 12.1. The second-order valence-corrected chi connectivity index (χ2v) is 6.46. The Bertz CT molecular complexity index is 967. The molecule has 0 bridgehead atoms. The van der Waals surface area contributed by atoms with Crippen LogP contribution in [0.2, 0.25) is 0 Å². The van der Waals surface area contributed by atoms with Crippen molar-refractivity contribution < 1.29 is 9.53 Å². The average Bonchev–Trinajstić information content (AvgIpc) is 3.18. The lowest BCUT2D eigenvalue weighted by Gasteiger charge is -2.17. The fourth-order valence-electron chi connectivity index (χ4n) is 2.71. The highest BCUT2D eigenvalue weighted by atomic mass is 16.5. The zero-order chi connectivity index (χ0) is 20.1. The van der Waals surface area contributed by atoms with Crippen molar-refractivity contribution in [3.8, 4) is 16.9 Å². The third-order valence-corrected chi connectivity index (χ3v) is 4.07.